The van der Waals surface area contributed by atoms with Gasteiger partial charge in [0.2, 0.25) is 0 Å². The molecule has 0 amide bonds. The van der Waals surface area contributed by atoms with E-state index < -0.39 is 0 Å². The summed E-state index contributed by atoms with van der Waals surface area (Å²) in [5, 5.41) is 7.60. The van der Waals surface area contributed by atoms with Crippen molar-refractivity contribution in [2.45, 2.75) is 59.9 Å². The monoisotopic (exact) mass is 423 g/mol. The Labute approximate surface area is 179 Å². The summed E-state index contributed by atoms with van der Waals surface area (Å²) in [7, 11) is 0. The molecule has 0 aromatic carbocycles. The quantitative estimate of drug-likeness (QED) is 0.360. The summed E-state index contributed by atoms with van der Waals surface area (Å²) in [6, 6.07) is -0.0444. The van der Waals surface area contributed by atoms with Crippen LogP contribution in [0.25, 0.3) is 0 Å². The number of esters is 1. The zero-order chi connectivity index (χ0) is 21.2. The number of carbonyl (C=O) groups excluding carboxylic acids is 1. The molecule has 2 unspecified atom stereocenters. The fourth-order valence-corrected chi connectivity index (χ4v) is 4.43. The van der Waals surface area contributed by atoms with Gasteiger partial charge in [-0.3, -0.25) is 4.99 Å². The molecule has 164 valence electrons. The summed E-state index contributed by atoms with van der Waals surface area (Å²) in [4.78, 5) is 24.5. The smallest absolute Gasteiger partial charge is 0.350 e. The number of aryl methyl sites for hydroxylation is 1. The van der Waals surface area contributed by atoms with Crippen molar-refractivity contribution in [2.24, 2.45) is 10.9 Å². The molecule has 1 aliphatic rings. The number of likely N-dealkylation sites (tertiary alicyclic amines) is 1. The first-order valence-electron chi connectivity index (χ1n) is 10.9. The molecule has 0 radical (unpaired) electrons. The van der Waals surface area contributed by atoms with Gasteiger partial charge in [0.15, 0.2) is 5.96 Å². The molecule has 7 nitrogen and oxygen atoms in total. The first-order valence-corrected chi connectivity index (χ1v) is 11.7. The second-order valence-electron chi connectivity index (χ2n) is 7.74. The number of nitrogens with one attached hydrogen (secondary N) is 2. The lowest BCUT2D eigenvalue weighted by molar-refractivity contribution is 0.0531. The third-order valence-corrected chi connectivity index (χ3v) is 6.24. The average molecular weight is 424 g/mol. The zero-order valence-electron chi connectivity index (χ0n) is 18.6. The maximum absolute atomic E-state index is 12.1. The molecule has 29 heavy (non-hydrogen) atoms. The first-order chi connectivity index (χ1) is 13.9. The minimum atomic E-state index is -0.298. The van der Waals surface area contributed by atoms with E-state index in [-0.39, 0.29) is 12.0 Å². The van der Waals surface area contributed by atoms with Crippen LogP contribution in [0, 0.1) is 12.8 Å². The average Bonchev–Trinajstić information content (AvgIpc) is 3.09. The standard InChI is InChI=1S/C21H37N5O2S/c1-6-22-21(23-13-15(3)14-26-11-9-8-10-12-26)25-17(5)19-24-16(4)18(29-19)20(27)28-7-2/h15,17H,6-14H2,1-5H3,(H2,22,23,25). The number of rotatable bonds is 9. The highest BCUT2D eigenvalue weighted by atomic mass is 32.1. The van der Waals surface area contributed by atoms with Crippen molar-refractivity contribution < 1.29 is 9.53 Å². The number of nitrogens with zero attached hydrogens (tertiary/aromatic N) is 3. The Morgan fingerprint density at radius 2 is 2.00 bits per heavy atom. The number of guanidine groups is 1. The van der Waals surface area contributed by atoms with Crippen LogP contribution in [-0.2, 0) is 4.74 Å². The van der Waals surface area contributed by atoms with Crippen LogP contribution in [0.5, 0.6) is 0 Å². The summed E-state index contributed by atoms with van der Waals surface area (Å²) in [5.41, 5.74) is 0.717. The lowest BCUT2D eigenvalue weighted by Gasteiger charge is -2.28. The number of hydrogen-bond acceptors (Lipinski definition) is 6. The van der Waals surface area contributed by atoms with Gasteiger partial charge in [0.1, 0.15) is 9.88 Å². The van der Waals surface area contributed by atoms with Gasteiger partial charge in [-0.1, -0.05) is 13.3 Å². The summed E-state index contributed by atoms with van der Waals surface area (Å²) in [5.74, 6) is 1.00. The van der Waals surface area contributed by atoms with Crippen LogP contribution in [0.3, 0.4) is 0 Å². The summed E-state index contributed by atoms with van der Waals surface area (Å²) < 4.78 is 5.12. The Balaban J connectivity index is 1.95. The van der Waals surface area contributed by atoms with E-state index in [9.17, 15) is 4.79 Å². The summed E-state index contributed by atoms with van der Waals surface area (Å²) in [6.45, 7) is 15.5. The van der Waals surface area contributed by atoms with Gasteiger partial charge in [-0.05, 0) is 59.5 Å². The first kappa shape index (κ1) is 23.6. The van der Waals surface area contributed by atoms with Crippen molar-refractivity contribution in [1.29, 1.82) is 0 Å². The molecule has 1 aromatic heterocycles. The molecule has 0 aliphatic carbocycles. The highest BCUT2D eigenvalue weighted by molar-refractivity contribution is 7.13. The van der Waals surface area contributed by atoms with Gasteiger partial charge in [0, 0.05) is 19.6 Å². The molecular formula is C21H37N5O2S. The number of thiazole rings is 1. The van der Waals surface area contributed by atoms with Crippen molar-refractivity contribution in [3.05, 3.63) is 15.6 Å². The lowest BCUT2D eigenvalue weighted by Crippen LogP contribution is -2.39. The van der Waals surface area contributed by atoms with E-state index in [0.717, 1.165) is 30.6 Å². The molecule has 2 N–H and O–H groups in total. The maximum atomic E-state index is 12.1. The fraction of sp³-hybridized carbons (Fsp3) is 0.762. The van der Waals surface area contributed by atoms with Crippen LogP contribution < -0.4 is 10.6 Å². The van der Waals surface area contributed by atoms with Gasteiger partial charge in [-0.25, -0.2) is 9.78 Å². The molecule has 2 atom stereocenters. The Hall–Kier alpha value is -1.67. The van der Waals surface area contributed by atoms with Gasteiger partial charge < -0.3 is 20.3 Å². The molecule has 1 saturated heterocycles. The van der Waals surface area contributed by atoms with Gasteiger partial charge in [0.25, 0.3) is 0 Å². The molecule has 0 bridgehead atoms. The minimum absolute atomic E-state index is 0.0444. The number of carbonyl (C=O) groups is 1. The molecular weight excluding hydrogens is 386 g/mol. The number of piperidine rings is 1. The van der Waals surface area contributed by atoms with E-state index in [1.165, 1.54) is 43.7 Å². The van der Waals surface area contributed by atoms with Crippen LogP contribution in [0.15, 0.2) is 4.99 Å². The van der Waals surface area contributed by atoms with Gasteiger partial charge in [-0.15, -0.1) is 11.3 Å². The Bertz CT molecular complexity index is 670. The van der Waals surface area contributed by atoms with Crippen molar-refractivity contribution in [3.63, 3.8) is 0 Å². The highest BCUT2D eigenvalue weighted by Gasteiger charge is 2.20. The summed E-state index contributed by atoms with van der Waals surface area (Å²) in [6.07, 6.45) is 4.00. The maximum Gasteiger partial charge on any atom is 0.350 e. The summed E-state index contributed by atoms with van der Waals surface area (Å²) >= 11 is 1.39. The lowest BCUT2D eigenvalue weighted by atomic mass is 10.1. The molecule has 1 aromatic rings. The molecule has 0 spiro atoms. The van der Waals surface area contributed by atoms with Crippen molar-refractivity contribution in [1.82, 2.24) is 20.5 Å². The molecule has 1 aliphatic heterocycles. The van der Waals surface area contributed by atoms with Gasteiger partial charge >= 0.3 is 5.97 Å². The Morgan fingerprint density at radius 3 is 2.66 bits per heavy atom. The van der Waals surface area contributed by atoms with E-state index in [2.05, 4.69) is 34.4 Å². The SMILES string of the molecule is CCNC(=NCC(C)CN1CCCCC1)NC(C)c1nc(C)c(C(=O)OCC)s1. The van der Waals surface area contributed by atoms with E-state index >= 15 is 0 Å². The van der Waals surface area contributed by atoms with Crippen LogP contribution in [-0.4, -0.2) is 61.1 Å². The number of hydrogen-bond donors (Lipinski definition) is 2. The topological polar surface area (TPSA) is 78.9 Å². The molecule has 0 saturated carbocycles. The Kier molecular flexibility index (Phi) is 9.87. The number of aliphatic imine (C=N–C) groups is 1. The van der Waals surface area contributed by atoms with E-state index in [0.29, 0.717) is 23.1 Å². The molecule has 1 fully saturated rings. The van der Waals surface area contributed by atoms with Crippen LogP contribution in [0.4, 0.5) is 0 Å². The Morgan fingerprint density at radius 1 is 1.28 bits per heavy atom. The molecule has 2 heterocycles. The zero-order valence-corrected chi connectivity index (χ0v) is 19.4. The number of ether oxygens (including phenoxy) is 1. The third-order valence-electron chi connectivity index (χ3n) is 4.92. The van der Waals surface area contributed by atoms with Crippen LogP contribution >= 0.6 is 11.3 Å². The number of aromatic nitrogens is 1. The normalized spacial score (nSPS) is 17.6. The third kappa shape index (κ3) is 7.59. The van der Waals surface area contributed by atoms with E-state index in [1.807, 2.05) is 20.8 Å². The van der Waals surface area contributed by atoms with E-state index in [1.54, 1.807) is 0 Å². The predicted octanol–water partition coefficient (Wildman–Crippen LogP) is 3.37. The van der Waals surface area contributed by atoms with Crippen LogP contribution in [0.1, 0.15) is 73.4 Å². The highest BCUT2D eigenvalue weighted by Crippen LogP contribution is 2.24. The second-order valence-corrected chi connectivity index (χ2v) is 8.77. The largest absolute Gasteiger partial charge is 0.462 e. The molecule has 2 rings (SSSR count). The van der Waals surface area contributed by atoms with Crippen molar-refractivity contribution >= 4 is 23.3 Å². The van der Waals surface area contributed by atoms with Crippen molar-refractivity contribution in [3.8, 4) is 0 Å². The van der Waals surface area contributed by atoms with E-state index in [4.69, 9.17) is 9.73 Å². The van der Waals surface area contributed by atoms with Gasteiger partial charge in [0.05, 0.1) is 18.3 Å². The fourth-order valence-electron chi connectivity index (χ4n) is 3.46. The van der Waals surface area contributed by atoms with Crippen molar-refractivity contribution in [2.75, 3.05) is 39.3 Å². The predicted molar refractivity (Wildman–Crippen MR) is 120 cm³/mol. The van der Waals surface area contributed by atoms with Crippen LogP contribution in [0.2, 0.25) is 0 Å². The minimum Gasteiger partial charge on any atom is -0.462 e. The molecule has 8 heteroatoms. The van der Waals surface area contributed by atoms with Gasteiger partial charge in [-0.2, -0.15) is 0 Å². The second kappa shape index (κ2) is 12.1.